The van der Waals surface area contributed by atoms with Crippen molar-refractivity contribution in [3.8, 4) is 22.8 Å². The lowest BCUT2D eigenvalue weighted by Gasteiger charge is -2.12. The van der Waals surface area contributed by atoms with E-state index in [1.165, 1.54) is 18.1 Å². The average molecular weight is 479 g/mol. The highest BCUT2D eigenvalue weighted by molar-refractivity contribution is 7.99. The quantitative estimate of drug-likeness (QED) is 0.410. The summed E-state index contributed by atoms with van der Waals surface area (Å²) in [5.41, 5.74) is 8.10. The number of fused-ring (bicyclic) bond motifs is 2. The monoisotopic (exact) mass is 478 g/mol. The Morgan fingerprint density at radius 1 is 1.24 bits per heavy atom. The van der Waals surface area contributed by atoms with Gasteiger partial charge < -0.3 is 29.5 Å². The molecule has 0 unspecified atom stereocenters. The molecule has 174 valence electrons. The molecule has 0 bridgehead atoms. The first-order chi connectivity index (χ1) is 16.6. The lowest BCUT2D eigenvalue weighted by Crippen LogP contribution is -2.28. The smallest absolute Gasteiger partial charge is 0.231 e. The van der Waals surface area contributed by atoms with E-state index in [0.29, 0.717) is 46.7 Å². The predicted octanol–water partition coefficient (Wildman–Crippen LogP) is 3.38. The van der Waals surface area contributed by atoms with Gasteiger partial charge in [0, 0.05) is 29.5 Å². The van der Waals surface area contributed by atoms with Crippen LogP contribution in [-0.2, 0) is 11.3 Å². The van der Waals surface area contributed by atoms with E-state index in [1.807, 2.05) is 35.8 Å². The van der Waals surface area contributed by atoms with E-state index in [1.54, 1.807) is 0 Å². The SMILES string of the molecule is Cc1ccc(-c2cc3c(cc2Sc2nc4c(N)ncnc4n2CCNC(=O)C2CC2)OCO3)o1. The molecule has 0 spiro atoms. The molecule has 3 N–H and O–H groups in total. The molecule has 2 aliphatic rings. The van der Waals surface area contributed by atoms with E-state index in [4.69, 9.17) is 24.6 Å². The molecule has 0 atom stereocenters. The minimum absolute atomic E-state index is 0.0963. The first-order valence-corrected chi connectivity index (χ1v) is 11.8. The number of furan rings is 1. The third-order valence-electron chi connectivity index (χ3n) is 5.79. The number of imidazole rings is 1. The topological polar surface area (TPSA) is 130 Å². The fourth-order valence-electron chi connectivity index (χ4n) is 3.87. The zero-order chi connectivity index (χ0) is 23.2. The molecule has 10 nitrogen and oxygen atoms in total. The number of hydrogen-bond acceptors (Lipinski definition) is 9. The molecule has 0 radical (unpaired) electrons. The van der Waals surface area contributed by atoms with Crippen molar-refractivity contribution in [3.63, 3.8) is 0 Å². The lowest BCUT2D eigenvalue weighted by atomic mass is 10.1. The van der Waals surface area contributed by atoms with Gasteiger partial charge in [0.25, 0.3) is 0 Å². The summed E-state index contributed by atoms with van der Waals surface area (Å²) >= 11 is 1.44. The number of amides is 1. The molecule has 3 aromatic heterocycles. The number of nitrogens with one attached hydrogen (secondary N) is 1. The minimum atomic E-state index is 0.0963. The van der Waals surface area contributed by atoms with Crippen LogP contribution in [0.1, 0.15) is 18.6 Å². The molecule has 4 heterocycles. The van der Waals surface area contributed by atoms with Gasteiger partial charge in [-0.2, -0.15) is 0 Å². The Kier molecular flexibility index (Phi) is 5.05. The van der Waals surface area contributed by atoms with E-state index >= 15 is 0 Å². The second-order valence-electron chi connectivity index (χ2n) is 8.26. The van der Waals surface area contributed by atoms with Crippen molar-refractivity contribution in [2.24, 2.45) is 5.92 Å². The highest BCUT2D eigenvalue weighted by atomic mass is 32.2. The van der Waals surface area contributed by atoms with Gasteiger partial charge in [-0.3, -0.25) is 4.79 Å². The summed E-state index contributed by atoms with van der Waals surface area (Å²) in [6, 6.07) is 7.69. The van der Waals surface area contributed by atoms with Crippen LogP contribution in [0.25, 0.3) is 22.5 Å². The Bertz CT molecular complexity index is 1410. The van der Waals surface area contributed by atoms with E-state index in [2.05, 4.69) is 15.3 Å². The van der Waals surface area contributed by atoms with Gasteiger partial charge in [-0.25, -0.2) is 15.0 Å². The number of hydrogen-bond donors (Lipinski definition) is 2. The number of rotatable bonds is 7. The molecule has 1 saturated carbocycles. The summed E-state index contributed by atoms with van der Waals surface area (Å²) in [5, 5.41) is 3.68. The van der Waals surface area contributed by atoms with Crippen LogP contribution < -0.4 is 20.5 Å². The number of nitrogens with zero attached hydrogens (tertiary/aromatic N) is 4. The van der Waals surface area contributed by atoms with Crippen molar-refractivity contribution in [2.45, 2.75) is 36.4 Å². The minimum Gasteiger partial charge on any atom is -0.461 e. The Morgan fingerprint density at radius 3 is 2.82 bits per heavy atom. The molecule has 1 fully saturated rings. The number of carbonyl (C=O) groups is 1. The second-order valence-corrected chi connectivity index (χ2v) is 9.27. The fourth-order valence-corrected chi connectivity index (χ4v) is 4.93. The van der Waals surface area contributed by atoms with Gasteiger partial charge in [-0.05, 0) is 44.0 Å². The Balaban J connectivity index is 1.38. The van der Waals surface area contributed by atoms with Gasteiger partial charge in [0.15, 0.2) is 33.6 Å². The number of aromatic nitrogens is 4. The maximum absolute atomic E-state index is 12.1. The average Bonchev–Trinajstić information content (AvgIpc) is 3.27. The van der Waals surface area contributed by atoms with Crippen LogP contribution in [0.5, 0.6) is 11.5 Å². The van der Waals surface area contributed by atoms with Crippen LogP contribution in [0, 0.1) is 12.8 Å². The van der Waals surface area contributed by atoms with Crippen molar-refractivity contribution >= 4 is 34.7 Å². The Morgan fingerprint density at radius 2 is 2.06 bits per heavy atom. The van der Waals surface area contributed by atoms with Crippen molar-refractivity contribution in [1.29, 1.82) is 0 Å². The fraction of sp³-hybridized carbons (Fsp3) is 0.304. The van der Waals surface area contributed by atoms with Gasteiger partial charge in [-0.1, -0.05) is 11.8 Å². The highest BCUT2D eigenvalue weighted by Gasteiger charge is 2.29. The Hall–Kier alpha value is -3.73. The van der Waals surface area contributed by atoms with Crippen LogP contribution in [0.4, 0.5) is 5.82 Å². The molecule has 34 heavy (non-hydrogen) atoms. The number of benzene rings is 1. The molecule has 1 aliphatic heterocycles. The van der Waals surface area contributed by atoms with E-state index in [-0.39, 0.29) is 18.6 Å². The number of ether oxygens (including phenoxy) is 2. The van der Waals surface area contributed by atoms with Crippen LogP contribution >= 0.6 is 11.8 Å². The standard InChI is InChI=1S/C23H22N6O4S/c1-12-2-5-15(33-12)14-8-16-17(32-11-31-16)9-18(14)34-23-28-19-20(24)26-10-27-21(19)29(23)7-6-25-22(30)13-3-4-13/h2,5,8-10,13H,3-4,6-7,11H2,1H3,(H,25,30)(H2,24,26,27). The summed E-state index contributed by atoms with van der Waals surface area (Å²) in [4.78, 5) is 26.2. The third-order valence-corrected chi connectivity index (χ3v) is 6.84. The predicted molar refractivity (Wildman–Crippen MR) is 125 cm³/mol. The summed E-state index contributed by atoms with van der Waals surface area (Å²) in [6.07, 6.45) is 3.35. The van der Waals surface area contributed by atoms with Gasteiger partial charge >= 0.3 is 0 Å². The number of aryl methyl sites for hydroxylation is 1. The second kappa shape index (κ2) is 8.24. The lowest BCUT2D eigenvalue weighted by molar-refractivity contribution is -0.122. The van der Waals surface area contributed by atoms with Crippen LogP contribution in [0.15, 0.2) is 45.1 Å². The van der Waals surface area contributed by atoms with E-state index in [0.717, 1.165) is 34.8 Å². The van der Waals surface area contributed by atoms with Gasteiger partial charge in [-0.15, -0.1) is 0 Å². The summed E-state index contributed by atoms with van der Waals surface area (Å²) in [6.45, 7) is 3.03. The molecule has 1 aromatic carbocycles. The van der Waals surface area contributed by atoms with Crippen LogP contribution in [-0.4, -0.2) is 38.8 Å². The first kappa shape index (κ1) is 20.8. The van der Waals surface area contributed by atoms with Crippen molar-refractivity contribution in [1.82, 2.24) is 24.8 Å². The Labute approximate surface area is 198 Å². The summed E-state index contributed by atoms with van der Waals surface area (Å²) < 4.78 is 19.1. The molecule has 0 saturated heterocycles. The highest BCUT2D eigenvalue weighted by Crippen LogP contribution is 2.45. The van der Waals surface area contributed by atoms with Gasteiger partial charge in [0.2, 0.25) is 12.7 Å². The molecular weight excluding hydrogens is 456 g/mol. The molecule has 1 aliphatic carbocycles. The zero-order valence-electron chi connectivity index (χ0n) is 18.4. The third kappa shape index (κ3) is 3.81. The van der Waals surface area contributed by atoms with Crippen molar-refractivity contribution < 1.29 is 18.7 Å². The number of nitrogen functional groups attached to an aromatic ring is 1. The van der Waals surface area contributed by atoms with Crippen LogP contribution in [0.2, 0.25) is 0 Å². The van der Waals surface area contributed by atoms with Crippen molar-refractivity contribution in [3.05, 3.63) is 36.4 Å². The summed E-state index contributed by atoms with van der Waals surface area (Å²) in [7, 11) is 0. The molecular formula is C23H22N6O4S. The molecule has 1 amide bonds. The first-order valence-electron chi connectivity index (χ1n) is 11.0. The molecule has 4 aromatic rings. The van der Waals surface area contributed by atoms with Crippen molar-refractivity contribution in [2.75, 3.05) is 19.1 Å². The normalized spacial score (nSPS) is 14.6. The maximum Gasteiger partial charge on any atom is 0.231 e. The summed E-state index contributed by atoms with van der Waals surface area (Å²) in [5.74, 6) is 3.41. The number of nitrogens with two attached hydrogens (primary N) is 1. The van der Waals surface area contributed by atoms with Crippen LogP contribution in [0.3, 0.4) is 0 Å². The van der Waals surface area contributed by atoms with Gasteiger partial charge in [0.05, 0.1) is 0 Å². The van der Waals surface area contributed by atoms with E-state index in [9.17, 15) is 4.79 Å². The maximum atomic E-state index is 12.1. The largest absolute Gasteiger partial charge is 0.461 e. The van der Waals surface area contributed by atoms with E-state index < -0.39 is 0 Å². The molecule has 6 rings (SSSR count). The van der Waals surface area contributed by atoms with Gasteiger partial charge in [0.1, 0.15) is 17.8 Å². The number of carbonyl (C=O) groups excluding carboxylic acids is 1. The molecule has 11 heteroatoms. The zero-order valence-corrected chi connectivity index (χ0v) is 19.2. The number of anilines is 1.